The van der Waals surface area contributed by atoms with Crippen LogP contribution in [0.3, 0.4) is 0 Å². The molecule has 60 heavy (non-hydrogen) atoms. The molecule has 2 heteroatoms. The van der Waals surface area contributed by atoms with E-state index < -0.39 is 0 Å². The van der Waals surface area contributed by atoms with Crippen molar-refractivity contribution < 1.29 is 0 Å². The first-order valence-electron chi connectivity index (χ1n) is 21.0. The molecular formula is C58H38N2. The van der Waals surface area contributed by atoms with Crippen LogP contribution in [0.5, 0.6) is 0 Å². The number of rotatable bonds is 4. The van der Waals surface area contributed by atoms with Gasteiger partial charge in [0.25, 0.3) is 0 Å². The summed E-state index contributed by atoms with van der Waals surface area (Å²) in [6.07, 6.45) is 10.0. The summed E-state index contributed by atoms with van der Waals surface area (Å²) in [4.78, 5) is 0. The summed E-state index contributed by atoms with van der Waals surface area (Å²) in [7, 11) is 0. The molecule has 9 aromatic carbocycles. The van der Waals surface area contributed by atoms with E-state index in [1.54, 1.807) is 0 Å². The topological polar surface area (TPSA) is 9.86 Å². The number of aromatic nitrogens is 2. The van der Waals surface area contributed by atoms with Crippen molar-refractivity contribution in [2.24, 2.45) is 0 Å². The molecule has 2 aliphatic rings. The summed E-state index contributed by atoms with van der Waals surface area (Å²) in [5.41, 5.74) is 18.6. The molecule has 1 aliphatic heterocycles. The Kier molecular flexibility index (Phi) is 7.17. The summed E-state index contributed by atoms with van der Waals surface area (Å²) >= 11 is 0. The van der Waals surface area contributed by atoms with E-state index in [2.05, 4.69) is 221 Å². The Morgan fingerprint density at radius 3 is 1.83 bits per heavy atom. The number of benzene rings is 9. The number of hydrogen-bond donors (Lipinski definition) is 0. The molecule has 2 aromatic heterocycles. The van der Waals surface area contributed by atoms with Gasteiger partial charge in [0.1, 0.15) is 0 Å². The van der Waals surface area contributed by atoms with Crippen molar-refractivity contribution in [1.82, 2.24) is 9.13 Å². The molecule has 0 fully saturated rings. The zero-order valence-electron chi connectivity index (χ0n) is 32.9. The Bertz CT molecular complexity index is 3630. The van der Waals surface area contributed by atoms with Crippen LogP contribution < -0.4 is 0 Å². The molecule has 3 heterocycles. The normalized spacial score (nSPS) is 14.3. The van der Waals surface area contributed by atoms with Gasteiger partial charge in [0.15, 0.2) is 0 Å². The molecule has 0 bridgehead atoms. The summed E-state index contributed by atoms with van der Waals surface area (Å²) in [6, 6.07) is 70.2. The van der Waals surface area contributed by atoms with Gasteiger partial charge in [-0.3, -0.25) is 0 Å². The smallest absolute Gasteiger partial charge is 0.0619 e. The lowest BCUT2D eigenvalue weighted by atomic mass is 9.88. The van der Waals surface area contributed by atoms with Gasteiger partial charge in [-0.25, -0.2) is 0 Å². The summed E-state index contributed by atoms with van der Waals surface area (Å²) in [5.74, 6) is 0.348. The Morgan fingerprint density at radius 1 is 0.383 bits per heavy atom. The van der Waals surface area contributed by atoms with Gasteiger partial charge in [-0.05, 0) is 111 Å². The second-order valence-corrected chi connectivity index (χ2v) is 16.4. The van der Waals surface area contributed by atoms with Crippen LogP contribution in [-0.2, 0) is 0 Å². The van der Waals surface area contributed by atoms with Gasteiger partial charge in [0, 0.05) is 44.3 Å². The Balaban J connectivity index is 1.000. The average molecular weight is 763 g/mol. The monoisotopic (exact) mass is 762 g/mol. The quantitative estimate of drug-likeness (QED) is 0.169. The lowest BCUT2D eigenvalue weighted by Crippen LogP contribution is -2.01. The first-order chi connectivity index (χ1) is 29.8. The molecular weight excluding hydrogens is 725 g/mol. The van der Waals surface area contributed by atoms with Crippen LogP contribution in [0.2, 0.25) is 0 Å². The van der Waals surface area contributed by atoms with Crippen LogP contribution in [0.25, 0.3) is 110 Å². The number of nitrogens with zero attached hydrogens (tertiary/aromatic N) is 2. The van der Waals surface area contributed by atoms with Gasteiger partial charge in [-0.1, -0.05) is 158 Å². The van der Waals surface area contributed by atoms with Gasteiger partial charge in [-0.15, -0.1) is 0 Å². The Labute approximate surface area is 348 Å². The highest BCUT2D eigenvalue weighted by atomic mass is 15.0. The third kappa shape index (κ3) is 4.88. The van der Waals surface area contributed by atoms with Gasteiger partial charge < -0.3 is 9.13 Å². The summed E-state index contributed by atoms with van der Waals surface area (Å²) < 4.78 is 4.99. The van der Waals surface area contributed by atoms with Crippen LogP contribution in [0, 0.1) is 0 Å². The minimum absolute atomic E-state index is 0.348. The fourth-order valence-electron chi connectivity index (χ4n) is 10.4. The van der Waals surface area contributed by atoms with Crippen molar-refractivity contribution in [3.05, 3.63) is 218 Å². The van der Waals surface area contributed by atoms with Crippen molar-refractivity contribution in [3.8, 4) is 55.9 Å². The highest BCUT2D eigenvalue weighted by Crippen LogP contribution is 2.48. The van der Waals surface area contributed by atoms with Gasteiger partial charge in [0.05, 0.1) is 27.8 Å². The minimum atomic E-state index is 0.348. The molecule has 13 rings (SSSR count). The average Bonchev–Trinajstić information content (AvgIpc) is 3.79. The molecule has 1 unspecified atom stereocenters. The van der Waals surface area contributed by atoms with Crippen molar-refractivity contribution in [1.29, 1.82) is 0 Å². The highest BCUT2D eigenvalue weighted by Gasteiger charge is 2.25. The number of fused-ring (bicyclic) bond motifs is 12. The number of hydrogen-bond acceptors (Lipinski definition) is 0. The van der Waals surface area contributed by atoms with Gasteiger partial charge in [-0.2, -0.15) is 0 Å². The third-order valence-electron chi connectivity index (χ3n) is 13.2. The maximum atomic E-state index is 2.52. The van der Waals surface area contributed by atoms with Crippen molar-refractivity contribution in [3.63, 3.8) is 0 Å². The van der Waals surface area contributed by atoms with E-state index in [-0.39, 0.29) is 0 Å². The number of para-hydroxylation sites is 2. The summed E-state index contributed by atoms with van der Waals surface area (Å²) in [5, 5.41) is 7.66. The largest absolute Gasteiger partial charge is 0.309 e. The predicted molar refractivity (Wildman–Crippen MR) is 254 cm³/mol. The lowest BCUT2D eigenvalue weighted by Gasteiger charge is -2.19. The third-order valence-corrected chi connectivity index (χ3v) is 13.2. The fourth-order valence-corrected chi connectivity index (χ4v) is 10.4. The molecule has 2 nitrogen and oxygen atoms in total. The second-order valence-electron chi connectivity index (χ2n) is 16.4. The van der Waals surface area contributed by atoms with E-state index >= 15 is 0 Å². The van der Waals surface area contributed by atoms with Crippen molar-refractivity contribution in [2.45, 2.75) is 12.3 Å². The van der Waals surface area contributed by atoms with Gasteiger partial charge in [0.2, 0.25) is 0 Å². The molecule has 280 valence electrons. The molecule has 1 aliphatic carbocycles. The van der Waals surface area contributed by atoms with E-state index in [1.165, 1.54) is 116 Å². The van der Waals surface area contributed by atoms with Gasteiger partial charge >= 0.3 is 0 Å². The van der Waals surface area contributed by atoms with Crippen LogP contribution in [-0.4, -0.2) is 9.13 Å². The van der Waals surface area contributed by atoms with Crippen LogP contribution in [0.1, 0.15) is 17.9 Å². The van der Waals surface area contributed by atoms with Crippen molar-refractivity contribution in [2.75, 3.05) is 0 Å². The zero-order chi connectivity index (χ0) is 39.3. The predicted octanol–water partition coefficient (Wildman–Crippen LogP) is 15.6. The molecule has 0 N–H and O–H groups in total. The molecule has 1 atom stereocenters. The van der Waals surface area contributed by atoms with E-state index in [9.17, 15) is 0 Å². The molecule has 0 spiro atoms. The minimum Gasteiger partial charge on any atom is -0.309 e. The molecule has 0 saturated carbocycles. The van der Waals surface area contributed by atoms with Crippen LogP contribution >= 0.6 is 0 Å². The van der Waals surface area contributed by atoms with E-state index in [0.29, 0.717) is 5.92 Å². The Morgan fingerprint density at radius 2 is 1.02 bits per heavy atom. The molecule has 11 aromatic rings. The second kappa shape index (κ2) is 12.9. The highest BCUT2D eigenvalue weighted by molar-refractivity contribution is 6.17. The van der Waals surface area contributed by atoms with Crippen LogP contribution in [0.15, 0.2) is 212 Å². The first kappa shape index (κ1) is 33.3. The fraction of sp³-hybridized carbons (Fsp3) is 0.0345. The van der Waals surface area contributed by atoms with Crippen molar-refractivity contribution >= 4 is 54.4 Å². The SMILES string of the molecule is C1=CCC(c2cc(-n3c4ccccc4c4cc(-c5ccc6c(c5)c5cccc7c5n6-c5ccc(-c6ccccc6)cc5-c5ccccc5-7)ccc43)cc3ccccc23)C=C1. The van der Waals surface area contributed by atoms with E-state index in [1.807, 2.05) is 0 Å². The maximum Gasteiger partial charge on any atom is 0.0619 e. The van der Waals surface area contributed by atoms with E-state index in [4.69, 9.17) is 0 Å². The van der Waals surface area contributed by atoms with E-state index in [0.717, 1.165) is 6.42 Å². The Hall–Kier alpha value is -7.68. The summed E-state index contributed by atoms with van der Waals surface area (Å²) in [6.45, 7) is 0. The first-order valence-corrected chi connectivity index (χ1v) is 21.0. The molecule has 0 saturated heterocycles. The van der Waals surface area contributed by atoms with Crippen LogP contribution in [0.4, 0.5) is 0 Å². The number of allylic oxidation sites excluding steroid dienone is 4. The standard InChI is InChI=1S/C58H38N2/c1-3-14-37(15-4-1)39-26-30-56-51(33-39)46-21-10-9-20-45(46)48-23-13-24-49-53-35-41(28-31-57(53)60(56)58(48)49)40-27-29-55-52(34-40)47-22-11-12-25-54(47)59(55)43-32-42-18-7-8-19-44(42)50(36-43)38-16-5-2-6-17-38/h1-16,18-36,38H,17H2. The maximum absolute atomic E-state index is 2.52. The lowest BCUT2D eigenvalue weighted by molar-refractivity contribution is 0.860. The molecule has 0 amide bonds. The zero-order valence-corrected chi connectivity index (χ0v) is 32.9. The molecule has 0 radical (unpaired) electrons.